The van der Waals surface area contributed by atoms with Crippen LogP contribution in [0.1, 0.15) is 168 Å². The maximum Gasteiger partial charge on any atom is 0.211 e. The molecule has 46 heavy (non-hydrogen) atoms. The summed E-state index contributed by atoms with van der Waals surface area (Å²) in [5, 5.41) is 0. The lowest BCUT2D eigenvalue weighted by atomic mass is 10.1. The number of halogens is 2. The van der Waals surface area contributed by atoms with Crippen LogP contribution in [0.3, 0.4) is 0 Å². The van der Waals surface area contributed by atoms with Crippen molar-refractivity contribution in [3.8, 4) is 11.5 Å². The molecule has 0 saturated carbocycles. The molecule has 0 aliphatic rings. The monoisotopic (exact) mass is 768 g/mol. The molecule has 6 heteroatoms. The van der Waals surface area contributed by atoms with Crippen LogP contribution >= 0.6 is 0 Å². The first-order valence-corrected chi connectivity index (χ1v) is 19.1. The topological polar surface area (TPSA) is 26.2 Å². The molecule has 2 aromatic rings. The Kier molecular flexibility index (Phi) is 32.9. The van der Waals surface area contributed by atoms with Crippen molar-refractivity contribution in [3.05, 3.63) is 49.1 Å². The number of unbranched alkanes of at least 4 members (excludes halogenated alkanes) is 22. The molecule has 2 heterocycles. The van der Waals surface area contributed by atoms with E-state index in [4.69, 9.17) is 9.47 Å². The third-order valence-corrected chi connectivity index (χ3v) is 8.81. The predicted octanol–water partition coefficient (Wildman–Crippen LogP) is 5.13. The second-order valence-electron chi connectivity index (χ2n) is 13.0. The Hall–Kier alpha value is -1.14. The summed E-state index contributed by atoms with van der Waals surface area (Å²) >= 11 is 0. The van der Waals surface area contributed by atoms with Crippen molar-refractivity contribution in [2.24, 2.45) is 0 Å². The average Bonchev–Trinajstić information content (AvgIpc) is 3.05. The molecular formula is C40H70Br2N2O2. The summed E-state index contributed by atoms with van der Waals surface area (Å²) in [6, 6.07) is 8.34. The Balaban J connectivity index is 0.0000101. The Labute approximate surface area is 306 Å². The molecule has 0 aliphatic heterocycles. The van der Waals surface area contributed by atoms with Crippen molar-refractivity contribution in [1.82, 2.24) is 0 Å². The van der Waals surface area contributed by atoms with Gasteiger partial charge in [-0.2, -0.15) is 9.13 Å². The molecule has 0 saturated heterocycles. The second kappa shape index (κ2) is 33.7. The van der Waals surface area contributed by atoms with Crippen LogP contribution in [0.2, 0.25) is 0 Å². The van der Waals surface area contributed by atoms with Gasteiger partial charge in [0.1, 0.15) is 0 Å². The maximum absolute atomic E-state index is 6.07. The number of rotatable bonds is 31. The van der Waals surface area contributed by atoms with E-state index in [-0.39, 0.29) is 34.0 Å². The van der Waals surface area contributed by atoms with Crippen LogP contribution in [0.4, 0.5) is 0 Å². The molecule has 0 fully saturated rings. The van der Waals surface area contributed by atoms with Crippen molar-refractivity contribution >= 4 is 0 Å². The van der Waals surface area contributed by atoms with Crippen LogP contribution in [-0.4, -0.2) is 13.2 Å². The van der Waals surface area contributed by atoms with E-state index < -0.39 is 0 Å². The average molecular weight is 771 g/mol. The standard InChI is InChI=1S/C40H70N2O2.2BrH/c1-3-5-7-9-11-13-15-17-19-21-23-25-35-43-39-29-27-31-41(37-39)33-34-42-32-28-30-40(38-42)44-36-26-24-22-20-18-16-14-12-10-8-6-4-2;;/h27-32,37-38H,3-26,33-36H2,1-2H3;2*1H/q+2;;/p-2. The maximum atomic E-state index is 6.07. The fraction of sp³-hybridized carbons (Fsp3) is 0.750. The molecule has 0 radical (unpaired) electrons. The smallest absolute Gasteiger partial charge is 0.211 e. The van der Waals surface area contributed by atoms with Crippen molar-refractivity contribution in [2.75, 3.05) is 13.2 Å². The van der Waals surface area contributed by atoms with Crippen LogP contribution in [0.5, 0.6) is 11.5 Å². The van der Waals surface area contributed by atoms with E-state index in [1.807, 2.05) is 0 Å². The number of pyridine rings is 2. The Morgan fingerprint density at radius 1 is 0.413 bits per heavy atom. The normalized spacial score (nSPS) is 10.7. The molecule has 0 amide bonds. The van der Waals surface area contributed by atoms with Gasteiger partial charge in [0, 0.05) is 12.1 Å². The first kappa shape index (κ1) is 44.9. The molecule has 4 nitrogen and oxygen atoms in total. The van der Waals surface area contributed by atoms with Gasteiger partial charge in [0.25, 0.3) is 0 Å². The highest BCUT2D eigenvalue weighted by Crippen LogP contribution is 2.14. The molecule has 266 valence electrons. The second-order valence-corrected chi connectivity index (χ2v) is 13.0. The largest absolute Gasteiger partial charge is 1.00 e. The van der Waals surface area contributed by atoms with Crippen molar-refractivity contribution in [2.45, 2.75) is 181 Å². The highest BCUT2D eigenvalue weighted by molar-refractivity contribution is 5.13. The van der Waals surface area contributed by atoms with Crippen LogP contribution in [0.15, 0.2) is 49.1 Å². The number of hydrogen-bond acceptors (Lipinski definition) is 2. The van der Waals surface area contributed by atoms with Gasteiger partial charge in [-0.15, -0.1) is 0 Å². The van der Waals surface area contributed by atoms with E-state index in [1.165, 1.54) is 141 Å². The summed E-state index contributed by atoms with van der Waals surface area (Å²) in [6.45, 7) is 8.02. The summed E-state index contributed by atoms with van der Waals surface area (Å²) in [4.78, 5) is 0. The van der Waals surface area contributed by atoms with E-state index in [2.05, 4.69) is 72.0 Å². The summed E-state index contributed by atoms with van der Waals surface area (Å²) in [5.74, 6) is 1.94. The van der Waals surface area contributed by atoms with E-state index in [0.717, 1.165) is 50.6 Å². The van der Waals surface area contributed by atoms with Crippen LogP contribution < -0.4 is 52.6 Å². The van der Waals surface area contributed by atoms with Crippen LogP contribution in [0, 0.1) is 0 Å². The number of aryl methyl sites for hydroxylation is 2. The van der Waals surface area contributed by atoms with Gasteiger partial charge >= 0.3 is 0 Å². The number of nitrogens with zero attached hydrogens (tertiary/aromatic N) is 2. The highest BCUT2D eigenvalue weighted by atomic mass is 79.9. The van der Waals surface area contributed by atoms with Crippen molar-refractivity contribution in [1.29, 1.82) is 0 Å². The molecule has 2 aromatic heterocycles. The van der Waals surface area contributed by atoms with Crippen molar-refractivity contribution < 1.29 is 52.6 Å². The lowest BCUT2D eigenvalue weighted by molar-refractivity contribution is -0.778. The van der Waals surface area contributed by atoms with Gasteiger partial charge in [0.2, 0.25) is 25.5 Å². The zero-order chi connectivity index (χ0) is 31.2. The highest BCUT2D eigenvalue weighted by Gasteiger charge is 2.10. The predicted molar refractivity (Wildman–Crippen MR) is 186 cm³/mol. The van der Waals surface area contributed by atoms with E-state index in [9.17, 15) is 0 Å². The quantitative estimate of drug-likeness (QED) is 0.0787. The lowest BCUT2D eigenvalue weighted by Crippen LogP contribution is -3.00. The molecule has 0 unspecified atom stereocenters. The third kappa shape index (κ3) is 25.9. The van der Waals surface area contributed by atoms with Gasteiger partial charge in [-0.1, -0.05) is 155 Å². The van der Waals surface area contributed by atoms with Crippen LogP contribution in [-0.2, 0) is 13.1 Å². The fourth-order valence-corrected chi connectivity index (χ4v) is 5.94. The number of aromatic nitrogens is 2. The van der Waals surface area contributed by atoms with Gasteiger partial charge in [-0.25, -0.2) is 0 Å². The molecule has 0 spiro atoms. The van der Waals surface area contributed by atoms with Gasteiger partial charge in [0.15, 0.2) is 23.9 Å². The van der Waals surface area contributed by atoms with E-state index >= 15 is 0 Å². The molecular weight excluding hydrogens is 700 g/mol. The third-order valence-electron chi connectivity index (χ3n) is 8.81. The zero-order valence-electron chi connectivity index (χ0n) is 29.9. The van der Waals surface area contributed by atoms with E-state index in [0.29, 0.717) is 0 Å². The van der Waals surface area contributed by atoms with Crippen molar-refractivity contribution in [3.63, 3.8) is 0 Å². The molecule has 0 atom stereocenters. The minimum absolute atomic E-state index is 0. The van der Waals surface area contributed by atoms with Crippen LogP contribution in [0.25, 0.3) is 0 Å². The summed E-state index contributed by atoms with van der Waals surface area (Å²) < 4.78 is 16.6. The van der Waals surface area contributed by atoms with E-state index in [1.54, 1.807) is 0 Å². The van der Waals surface area contributed by atoms with Gasteiger partial charge in [-0.3, -0.25) is 0 Å². The zero-order valence-corrected chi connectivity index (χ0v) is 33.1. The summed E-state index contributed by atoms with van der Waals surface area (Å²) in [7, 11) is 0. The Morgan fingerprint density at radius 2 is 0.696 bits per heavy atom. The Morgan fingerprint density at radius 3 is 1.00 bits per heavy atom. The minimum Gasteiger partial charge on any atom is -1.00 e. The first-order valence-electron chi connectivity index (χ1n) is 19.1. The SMILES string of the molecule is CCCCCCCCCCCCCCOc1ccc[n+](CC[n+]2cccc(OCCCCCCCCCCCCCC)c2)c1.[Br-].[Br-]. The number of ether oxygens (including phenoxy) is 2. The molecule has 2 rings (SSSR count). The summed E-state index contributed by atoms with van der Waals surface area (Å²) in [5.41, 5.74) is 0. The molecule has 0 N–H and O–H groups in total. The lowest BCUT2D eigenvalue weighted by Gasteiger charge is -2.06. The molecule has 0 bridgehead atoms. The molecule has 0 aromatic carbocycles. The first-order chi connectivity index (χ1) is 21.8. The number of hydrogen-bond donors (Lipinski definition) is 0. The van der Waals surface area contributed by atoms with Gasteiger partial charge in [0.05, 0.1) is 13.2 Å². The molecule has 0 aliphatic carbocycles. The Bertz CT molecular complexity index is 841. The summed E-state index contributed by atoms with van der Waals surface area (Å²) in [6.07, 6.45) is 41.4. The van der Waals surface area contributed by atoms with Gasteiger partial charge < -0.3 is 43.4 Å². The minimum atomic E-state index is 0. The van der Waals surface area contributed by atoms with Gasteiger partial charge in [-0.05, 0) is 25.0 Å². The fourth-order valence-electron chi connectivity index (χ4n) is 5.94.